The summed E-state index contributed by atoms with van der Waals surface area (Å²) in [7, 11) is 2.91. The summed E-state index contributed by atoms with van der Waals surface area (Å²) in [4.78, 5) is 35.7. The summed E-state index contributed by atoms with van der Waals surface area (Å²) in [6, 6.07) is 10.5. The fourth-order valence-electron chi connectivity index (χ4n) is 2.44. The molecule has 2 N–H and O–H groups in total. The number of ether oxygens (including phenoxy) is 3. The number of amides is 2. The highest BCUT2D eigenvalue weighted by atomic mass is 19.1. The third-order valence-electron chi connectivity index (χ3n) is 4.02. The lowest BCUT2D eigenvalue weighted by Gasteiger charge is -2.09. The van der Waals surface area contributed by atoms with Gasteiger partial charge in [-0.15, -0.1) is 0 Å². The van der Waals surface area contributed by atoms with Crippen molar-refractivity contribution in [3.05, 3.63) is 59.4 Å². The van der Waals surface area contributed by atoms with E-state index in [0.29, 0.717) is 24.5 Å². The van der Waals surface area contributed by atoms with E-state index in [2.05, 4.69) is 10.6 Å². The van der Waals surface area contributed by atoms with Crippen molar-refractivity contribution in [2.75, 3.05) is 33.9 Å². The number of hydrogen-bond donors (Lipinski definition) is 2. The van der Waals surface area contributed by atoms with E-state index in [9.17, 15) is 18.8 Å². The Kier molecular flexibility index (Phi) is 8.61. The molecule has 0 atom stereocenters. The van der Waals surface area contributed by atoms with E-state index in [1.807, 2.05) is 0 Å². The summed E-state index contributed by atoms with van der Waals surface area (Å²) in [6.07, 6.45) is 0.514. The van der Waals surface area contributed by atoms with E-state index >= 15 is 0 Å². The van der Waals surface area contributed by atoms with Gasteiger partial charge in [0.1, 0.15) is 23.9 Å². The minimum atomic E-state index is -0.758. The van der Waals surface area contributed by atoms with Crippen molar-refractivity contribution >= 4 is 17.8 Å². The molecule has 2 amide bonds. The van der Waals surface area contributed by atoms with Gasteiger partial charge in [0.15, 0.2) is 6.61 Å². The Morgan fingerprint density at radius 1 is 0.933 bits per heavy atom. The van der Waals surface area contributed by atoms with Crippen molar-refractivity contribution in [2.45, 2.75) is 6.42 Å². The number of carbonyl (C=O) groups is 3. The molecule has 0 aliphatic heterocycles. The first-order valence-electron chi connectivity index (χ1n) is 9.09. The van der Waals surface area contributed by atoms with Crippen molar-refractivity contribution in [2.24, 2.45) is 0 Å². The van der Waals surface area contributed by atoms with Gasteiger partial charge in [0.2, 0.25) is 0 Å². The number of hydrogen-bond acceptors (Lipinski definition) is 6. The lowest BCUT2D eigenvalue weighted by atomic mass is 10.1. The third kappa shape index (κ3) is 7.42. The molecule has 0 saturated carbocycles. The Morgan fingerprint density at radius 3 is 2.17 bits per heavy atom. The summed E-state index contributed by atoms with van der Waals surface area (Å²) in [5.74, 6) is -1.22. The zero-order valence-corrected chi connectivity index (χ0v) is 16.7. The highest BCUT2D eigenvalue weighted by molar-refractivity contribution is 5.96. The maximum Gasteiger partial charge on any atom is 0.325 e. The van der Waals surface area contributed by atoms with Crippen LogP contribution in [0.5, 0.6) is 11.5 Å². The normalized spacial score (nSPS) is 10.1. The average molecular weight is 418 g/mol. The summed E-state index contributed by atoms with van der Waals surface area (Å²) < 4.78 is 27.9. The maximum absolute atomic E-state index is 12.8. The second kappa shape index (κ2) is 11.4. The highest BCUT2D eigenvalue weighted by Crippen LogP contribution is 2.22. The van der Waals surface area contributed by atoms with Crippen LogP contribution in [0.3, 0.4) is 0 Å². The smallest absolute Gasteiger partial charge is 0.325 e. The van der Waals surface area contributed by atoms with Crippen LogP contribution >= 0.6 is 0 Å². The first kappa shape index (κ1) is 22.7. The van der Waals surface area contributed by atoms with Crippen LogP contribution < -0.4 is 20.1 Å². The molecule has 0 bridgehead atoms. The number of halogens is 1. The summed E-state index contributed by atoms with van der Waals surface area (Å²) in [5.41, 5.74) is 1.11. The Balaban J connectivity index is 1.69. The predicted octanol–water partition coefficient (Wildman–Crippen LogP) is 1.47. The van der Waals surface area contributed by atoms with Gasteiger partial charge >= 0.3 is 5.97 Å². The Bertz CT molecular complexity index is 863. The molecule has 2 rings (SSSR count). The molecule has 160 valence electrons. The molecule has 2 aromatic carbocycles. The van der Waals surface area contributed by atoms with Crippen LogP contribution in [0.4, 0.5) is 4.39 Å². The molecule has 0 spiro atoms. The predicted molar refractivity (Wildman–Crippen MR) is 106 cm³/mol. The largest absolute Gasteiger partial charge is 0.497 e. The van der Waals surface area contributed by atoms with E-state index < -0.39 is 30.9 Å². The summed E-state index contributed by atoms with van der Waals surface area (Å²) >= 11 is 0. The number of carbonyl (C=O) groups excluding carboxylic acids is 3. The van der Waals surface area contributed by atoms with Crippen LogP contribution in [0.1, 0.15) is 15.9 Å². The average Bonchev–Trinajstić information content (AvgIpc) is 2.76. The quantitative estimate of drug-likeness (QED) is 0.567. The standard InChI is InChI=1S/C21H23FN2O6/c1-28-17-9-15(10-18(11-17)29-2)21(27)24-12-20(26)30-13-19(25)23-8-7-14-3-5-16(22)6-4-14/h3-6,9-11H,7-8,12-13H2,1-2H3,(H,23,25)(H,24,27). The number of rotatable bonds is 10. The maximum atomic E-state index is 12.8. The summed E-state index contributed by atoms with van der Waals surface area (Å²) in [6.45, 7) is -0.553. The number of methoxy groups -OCH3 is 2. The molecule has 30 heavy (non-hydrogen) atoms. The number of esters is 1. The van der Waals surface area contributed by atoms with Gasteiger partial charge in [0.05, 0.1) is 14.2 Å². The lowest BCUT2D eigenvalue weighted by Crippen LogP contribution is -2.34. The van der Waals surface area contributed by atoms with Gasteiger partial charge < -0.3 is 24.8 Å². The molecule has 0 radical (unpaired) electrons. The number of nitrogens with one attached hydrogen (secondary N) is 2. The third-order valence-corrected chi connectivity index (χ3v) is 4.02. The molecule has 0 aliphatic carbocycles. The van der Waals surface area contributed by atoms with Crippen LogP contribution in [0, 0.1) is 5.82 Å². The lowest BCUT2D eigenvalue weighted by molar-refractivity contribution is -0.147. The molecule has 0 aromatic heterocycles. The highest BCUT2D eigenvalue weighted by Gasteiger charge is 2.13. The topological polar surface area (TPSA) is 103 Å². The first-order valence-corrected chi connectivity index (χ1v) is 9.09. The van der Waals surface area contributed by atoms with E-state index in [0.717, 1.165) is 5.56 Å². The molecule has 9 heteroatoms. The van der Waals surface area contributed by atoms with Gasteiger partial charge in [0.25, 0.3) is 11.8 Å². The van der Waals surface area contributed by atoms with Gasteiger partial charge in [-0.05, 0) is 36.2 Å². The summed E-state index contributed by atoms with van der Waals surface area (Å²) in [5, 5.41) is 5.00. The molecular weight excluding hydrogens is 395 g/mol. The molecule has 0 heterocycles. The molecule has 0 aliphatic rings. The minimum absolute atomic E-state index is 0.248. The second-order valence-corrected chi connectivity index (χ2v) is 6.17. The fraction of sp³-hybridized carbons (Fsp3) is 0.286. The van der Waals surface area contributed by atoms with Crippen LogP contribution in [0.25, 0.3) is 0 Å². The Labute approximate surface area is 173 Å². The van der Waals surface area contributed by atoms with E-state index in [1.165, 1.54) is 38.5 Å². The SMILES string of the molecule is COc1cc(OC)cc(C(=O)NCC(=O)OCC(=O)NCCc2ccc(F)cc2)c1. The van der Waals surface area contributed by atoms with E-state index in [4.69, 9.17) is 14.2 Å². The second-order valence-electron chi connectivity index (χ2n) is 6.17. The van der Waals surface area contributed by atoms with Gasteiger partial charge in [0, 0.05) is 18.2 Å². The van der Waals surface area contributed by atoms with Crippen molar-refractivity contribution in [1.82, 2.24) is 10.6 Å². The van der Waals surface area contributed by atoms with Crippen LogP contribution in [0.2, 0.25) is 0 Å². The molecule has 2 aromatic rings. The Hall–Kier alpha value is -3.62. The monoisotopic (exact) mass is 418 g/mol. The van der Waals surface area contributed by atoms with Crippen molar-refractivity contribution in [1.29, 1.82) is 0 Å². The van der Waals surface area contributed by atoms with E-state index in [1.54, 1.807) is 18.2 Å². The van der Waals surface area contributed by atoms with Crippen LogP contribution in [-0.2, 0) is 20.7 Å². The van der Waals surface area contributed by atoms with Gasteiger partial charge in [-0.2, -0.15) is 0 Å². The zero-order valence-electron chi connectivity index (χ0n) is 16.7. The molecule has 8 nitrogen and oxygen atoms in total. The van der Waals surface area contributed by atoms with Gasteiger partial charge in [-0.1, -0.05) is 12.1 Å². The zero-order chi connectivity index (χ0) is 21.9. The molecule has 0 saturated heterocycles. The van der Waals surface area contributed by atoms with Crippen molar-refractivity contribution < 1.29 is 33.0 Å². The molecule has 0 fully saturated rings. The van der Waals surface area contributed by atoms with Crippen molar-refractivity contribution in [3.63, 3.8) is 0 Å². The van der Waals surface area contributed by atoms with Crippen molar-refractivity contribution in [3.8, 4) is 11.5 Å². The fourth-order valence-corrected chi connectivity index (χ4v) is 2.44. The van der Waals surface area contributed by atoms with Gasteiger partial charge in [-0.25, -0.2) is 4.39 Å². The number of benzene rings is 2. The van der Waals surface area contributed by atoms with E-state index in [-0.39, 0.29) is 11.4 Å². The Morgan fingerprint density at radius 2 is 1.57 bits per heavy atom. The minimum Gasteiger partial charge on any atom is -0.497 e. The molecule has 0 unspecified atom stereocenters. The van der Waals surface area contributed by atoms with Crippen LogP contribution in [-0.4, -0.2) is 51.7 Å². The first-order chi connectivity index (χ1) is 14.4. The van der Waals surface area contributed by atoms with Crippen LogP contribution in [0.15, 0.2) is 42.5 Å². The molecular formula is C21H23FN2O6. The van der Waals surface area contributed by atoms with Gasteiger partial charge in [-0.3, -0.25) is 14.4 Å².